The molecule has 1 aromatic heterocycles. The van der Waals surface area contributed by atoms with Gasteiger partial charge in [0, 0.05) is 11.6 Å². The van der Waals surface area contributed by atoms with Crippen LogP contribution in [0.25, 0.3) is 0 Å². The fraction of sp³-hybridized carbons (Fsp3) is 0.714. The van der Waals surface area contributed by atoms with E-state index in [1.54, 1.807) is 6.33 Å². The van der Waals surface area contributed by atoms with Crippen LogP contribution in [0.15, 0.2) is 6.33 Å². The quantitative estimate of drug-likeness (QED) is 0.652. The van der Waals surface area contributed by atoms with Gasteiger partial charge in [0.15, 0.2) is 0 Å². The summed E-state index contributed by atoms with van der Waals surface area (Å²) in [5, 5.41) is 4.16. The number of nitrogens with zero attached hydrogens (tertiary/aromatic N) is 2. The lowest BCUT2D eigenvalue weighted by molar-refractivity contribution is 0.615. The molecule has 0 amide bonds. The maximum Gasteiger partial charge on any atom is 0.138 e. The van der Waals surface area contributed by atoms with Crippen LogP contribution in [0.3, 0.4) is 0 Å². The molecule has 1 aliphatic carbocycles. The minimum absolute atomic E-state index is 0.340. The highest BCUT2D eigenvalue weighted by atomic mass is 35.5. The first-order valence-corrected chi connectivity index (χ1v) is 7.33. The molecule has 1 heterocycles. The van der Waals surface area contributed by atoms with E-state index in [9.17, 15) is 0 Å². The van der Waals surface area contributed by atoms with Crippen molar-refractivity contribution in [1.82, 2.24) is 9.97 Å². The molecule has 1 saturated carbocycles. The van der Waals surface area contributed by atoms with Gasteiger partial charge in [-0.1, -0.05) is 51.1 Å². The van der Waals surface area contributed by atoms with Gasteiger partial charge in [-0.25, -0.2) is 9.97 Å². The third kappa shape index (κ3) is 3.35. The summed E-state index contributed by atoms with van der Waals surface area (Å²) >= 11 is 6.18. The summed E-state index contributed by atoms with van der Waals surface area (Å²) < 4.78 is 0. The van der Waals surface area contributed by atoms with E-state index in [2.05, 4.69) is 29.1 Å². The Kier molecular flexibility index (Phi) is 4.81. The highest BCUT2D eigenvalue weighted by Gasteiger charge is 2.18. The van der Waals surface area contributed by atoms with Gasteiger partial charge in [0.05, 0.1) is 0 Å². The lowest BCUT2D eigenvalue weighted by Crippen LogP contribution is -2.20. The Morgan fingerprint density at radius 1 is 1.17 bits per heavy atom. The number of rotatable bonds is 3. The van der Waals surface area contributed by atoms with E-state index in [1.165, 1.54) is 38.5 Å². The van der Waals surface area contributed by atoms with Crippen LogP contribution in [-0.4, -0.2) is 16.0 Å². The zero-order valence-electron chi connectivity index (χ0n) is 11.2. The maximum atomic E-state index is 6.18. The van der Waals surface area contributed by atoms with Gasteiger partial charge in [-0.2, -0.15) is 0 Å². The second kappa shape index (κ2) is 6.37. The zero-order chi connectivity index (χ0) is 13.0. The largest absolute Gasteiger partial charge is 0.367 e. The molecule has 0 spiro atoms. The Labute approximate surface area is 114 Å². The van der Waals surface area contributed by atoms with Crippen molar-refractivity contribution in [2.45, 2.75) is 64.3 Å². The van der Waals surface area contributed by atoms with Gasteiger partial charge in [0.1, 0.15) is 17.3 Å². The van der Waals surface area contributed by atoms with Crippen LogP contribution < -0.4 is 5.32 Å². The van der Waals surface area contributed by atoms with Gasteiger partial charge in [-0.3, -0.25) is 0 Å². The lowest BCUT2D eigenvalue weighted by atomic mass is 10.0. The molecule has 18 heavy (non-hydrogen) atoms. The predicted molar refractivity (Wildman–Crippen MR) is 76.2 cm³/mol. The average Bonchev–Trinajstić information content (AvgIpc) is 2.57. The first-order valence-electron chi connectivity index (χ1n) is 6.95. The third-order valence-corrected chi connectivity index (χ3v) is 3.91. The lowest BCUT2D eigenvalue weighted by Gasteiger charge is -2.20. The third-order valence-electron chi connectivity index (χ3n) is 3.61. The maximum absolute atomic E-state index is 6.18. The van der Waals surface area contributed by atoms with E-state index < -0.39 is 0 Å². The molecule has 0 saturated heterocycles. The van der Waals surface area contributed by atoms with Gasteiger partial charge < -0.3 is 5.32 Å². The smallest absolute Gasteiger partial charge is 0.138 e. The van der Waals surface area contributed by atoms with Crippen LogP contribution in [-0.2, 0) is 0 Å². The molecule has 1 fully saturated rings. The van der Waals surface area contributed by atoms with E-state index in [4.69, 9.17) is 11.6 Å². The van der Waals surface area contributed by atoms with Crippen molar-refractivity contribution in [1.29, 1.82) is 0 Å². The SMILES string of the molecule is CC(C)c1c(Cl)ncnc1NC1CCCCCC1. The molecule has 0 atom stereocenters. The predicted octanol–water partition coefficient (Wildman–Crippen LogP) is 4.39. The summed E-state index contributed by atoms with van der Waals surface area (Å²) in [5.41, 5.74) is 1.04. The zero-order valence-corrected chi connectivity index (χ0v) is 12.0. The van der Waals surface area contributed by atoms with E-state index in [-0.39, 0.29) is 0 Å². The van der Waals surface area contributed by atoms with Gasteiger partial charge in [0.25, 0.3) is 0 Å². The number of hydrogen-bond acceptors (Lipinski definition) is 3. The molecular weight excluding hydrogens is 246 g/mol. The van der Waals surface area contributed by atoms with Crippen LogP contribution in [0.5, 0.6) is 0 Å². The Bertz CT molecular complexity index is 385. The number of aromatic nitrogens is 2. The molecule has 0 aliphatic heterocycles. The van der Waals surface area contributed by atoms with Gasteiger partial charge in [0.2, 0.25) is 0 Å². The van der Waals surface area contributed by atoms with Crippen molar-refractivity contribution in [2.75, 3.05) is 5.32 Å². The Morgan fingerprint density at radius 3 is 2.44 bits per heavy atom. The average molecular weight is 268 g/mol. The molecule has 4 heteroatoms. The molecule has 0 unspecified atom stereocenters. The van der Waals surface area contributed by atoms with Crippen LogP contribution in [0, 0.1) is 0 Å². The minimum Gasteiger partial charge on any atom is -0.367 e. The van der Waals surface area contributed by atoms with E-state index in [0.29, 0.717) is 17.1 Å². The fourth-order valence-corrected chi connectivity index (χ4v) is 2.97. The second-order valence-corrected chi connectivity index (χ2v) is 5.77. The van der Waals surface area contributed by atoms with Crippen molar-refractivity contribution in [3.8, 4) is 0 Å². The Balaban J connectivity index is 2.14. The molecule has 0 bridgehead atoms. The summed E-state index contributed by atoms with van der Waals surface area (Å²) in [6.45, 7) is 4.26. The van der Waals surface area contributed by atoms with E-state index in [1.807, 2.05) is 0 Å². The normalized spacial score (nSPS) is 17.8. The molecule has 3 nitrogen and oxygen atoms in total. The first kappa shape index (κ1) is 13.6. The first-order chi connectivity index (χ1) is 8.68. The summed E-state index contributed by atoms with van der Waals surface area (Å²) in [4.78, 5) is 8.47. The standard InChI is InChI=1S/C14H22ClN3/c1-10(2)12-13(15)16-9-17-14(12)18-11-7-5-3-4-6-8-11/h9-11H,3-8H2,1-2H3,(H,16,17,18). The molecular formula is C14H22ClN3. The Morgan fingerprint density at radius 2 is 1.83 bits per heavy atom. The Hall–Kier alpha value is -0.830. The number of nitrogens with one attached hydrogen (secondary N) is 1. The summed E-state index contributed by atoms with van der Waals surface area (Å²) in [6.07, 6.45) is 9.37. The van der Waals surface area contributed by atoms with Crippen LogP contribution in [0.2, 0.25) is 5.15 Å². The van der Waals surface area contributed by atoms with Crippen molar-refractivity contribution < 1.29 is 0 Å². The van der Waals surface area contributed by atoms with Crippen LogP contribution >= 0.6 is 11.6 Å². The molecule has 1 aromatic rings. The molecule has 1 aliphatic rings. The highest BCUT2D eigenvalue weighted by Crippen LogP contribution is 2.30. The number of hydrogen-bond donors (Lipinski definition) is 1. The molecule has 0 radical (unpaired) electrons. The monoisotopic (exact) mass is 267 g/mol. The number of halogens is 1. The fourth-order valence-electron chi connectivity index (χ4n) is 2.62. The van der Waals surface area contributed by atoms with Gasteiger partial charge in [-0.05, 0) is 18.8 Å². The molecule has 2 rings (SSSR count). The highest BCUT2D eigenvalue weighted by molar-refractivity contribution is 6.30. The van der Waals surface area contributed by atoms with Crippen molar-refractivity contribution >= 4 is 17.4 Å². The number of anilines is 1. The minimum atomic E-state index is 0.340. The molecule has 1 N–H and O–H groups in total. The van der Waals surface area contributed by atoms with E-state index in [0.717, 1.165) is 11.4 Å². The summed E-state index contributed by atoms with van der Waals surface area (Å²) in [5.74, 6) is 1.27. The molecule has 100 valence electrons. The molecule has 0 aromatic carbocycles. The van der Waals surface area contributed by atoms with Crippen LogP contribution in [0.4, 0.5) is 5.82 Å². The van der Waals surface area contributed by atoms with Crippen molar-refractivity contribution in [2.24, 2.45) is 0 Å². The van der Waals surface area contributed by atoms with Crippen molar-refractivity contribution in [3.63, 3.8) is 0 Å². The topological polar surface area (TPSA) is 37.8 Å². The second-order valence-electron chi connectivity index (χ2n) is 5.41. The summed E-state index contributed by atoms with van der Waals surface area (Å²) in [7, 11) is 0. The van der Waals surface area contributed by atoms with Crippen LogP contribution in [0.1, 0.15) is 63.9 Å². The van der Waals surface area contributed by atoms with Gasteiger partial charge in [-0.15, -0.1) is 0 Å². The van der Waals surface area contributed by atoms with Gasteiger partial charge >= 0.3 is 0 Å². The van der Waals surface area contributed by atoms with Crippen molar-refractivity contribution in [3.05, 3.63) is 17.0 Å². The summed E-state index contributed by atoms with van der Waals surface area (Å²) in [6, 6.07) is 0.538. The van der Waals surface area contributed by atoms with E-state index >= 15 is 0 Å².